The molecule has 1 N–H and O–H groups in total. The summed E-state index contributed by atoms with van der Waals surface area (Å²) in [6.07, 6.45) is 1.69. The highest BCUT2D eigenvalue weighted by Crippen LogP contribution is 2.06. The summed E-state index contributed by atoms with van der Waals surface area (Å²) in [5, 5.41) is 7.35. The SMILES string of the molecule is CCC(COC)NCc1nc(Cc2ccccc2)no1. The second-order valence-corrected chi connectivity index (χ2v) is 4.71. The van der Waals surface area contributed by atoms with Gasteiger partial charge in [-0.2, -0.15) is 4.98 Å². The van der Waals surface area contributed by atoms with Crippen LogP contribution in [0.3, 0.4) is 0 Å². The molecule has 20 heavy (non-hydrogen) atoms. The largest absolute Gasteiger partial charge is 0.383 e. The lowest BCUT2D eigenvalue weighted by molar-refractivity contribution is 0.161. The van der Waals surface area contributed by atoms with Crippen LogP contribution in [-0.4, -0.2) is 29.9 Å². The Bertz CT molecular complexity index is 499. The Morgan fingerprint density at radius 2 is 2.10 bits per heavy atom. The number of hydrogen-bond acceptors (Lipinski definition) is 5. The summed E-state index contributed by atoms with van der Waals surface area (Å²) < 4.78 is 10.4. The molecule has 1 atom stereocenters. The highest BCUT2D eigenvalue weighted by Gasteiger charge is 2.10. The third-order valence-electron chi connectivity index (χ3n) is 3.12. The first kappa shape index (κ1) is 14.7. The topological polar surface area (TPSA) is 60.2 Å². The van der Waals surface area contributed by atoms with Gasteiger partial charge in [0.05, 0.1) is 13.2 Å². The molecule has 108 valence electrons. The van der Waals surface area contributed by atoms with Crippen LogP contribution in [-0.2, 0) is 17.7 Å². The number of ether oxygens (including phenoxy) is 1. The molecule has 1 aromatic carbocycles. The van der Waals surface area contributed by atoms with Crippen LogP contribution in [0.5, 0.6) is 0 Å². The van der Waals surface area contributed by atoms with Crippen molar-refractivity contribution >= 4 is 0 Å². The monoisotopic (exact) mass is 275 g/mol. The van der Waals surface area contributed by atoms with E-state index in [0.717, 1.165) is 6.42 Å². The van der Waals surface area contributed by atoms with E-state index < -0.39 is 0 Å². The Labute approximate surface area is 119 Å². The Morgan fingerprint density at radius 1 is 1.30 bits per heavy atom. The predicted molar refractivity (Wildman–Crippen MR) is 76.3 cm³/mol. The third kappa shape index (κ3) is 4.43. The third-order valence-corrected chi connectivity index (χ3v) is 3.12. The van der Waals surface area contributed by atoms with Gasteiger partial charge in [-0.15, -0.1) is 0 Å². The second kappa shape index (κ2) is 7.77. The van der Waals surface area contributed by atoms with Crippen LogP contribution in [0.4, 0.5) is 0 Å². The minimum Gasteiger partial charge on any atom is -0.383 e. The number of hydrogen-bond donors (Lipinski definition) is 1. The Kier molecular flexibility index (Phi) is 5.70. The van der Waals surface area contributed by atoms with Crippen molar-refractivity contribution in [2.75, 3.05) is 13.7 Å². The van der Waals surface area contributed by atoms with Crippen molar-refractivity contribution in [1.29, 1.82) is 0 Å². The van der Waals surface area contributed by atoms with Gasteiger partial charge in [-0.3, -0.25) is 0 Å². The fourth-order valence-electron chi connectivity index (χ4n) is 1.97. The highest BCUT2D eigenvalue weighted by atomic mass is 16.5. The van der Waals surface area contributed by atoms with Gasteiger partial charge in [-0.1, -0.05) is 42.4 Å². The molecule has 5 heteroatoms. The van der Waals surface area contributed by atoms with Crippen molar-refractivity contribution in [3.8, 4) is 0 Å². The Morgan fingerprint density at radius 3 is 2.80 bits per heavy atom. The zero-order valence-corrected chi connectivity index (χ0v) is 12.0. The van der Waals surface area contributed by atoms with E-state index in [0.29, 0.717) is 37.3 Å². The van der Waals surface area contributed by atoms with E-state index in [9.17, 15) is 0 Å². The Balaban J connectivity index is 1.86. The summed E-state index contributed by atoms with van der Waals surface area (Å²) >= 11 is 0. The number of nitrogens with one attached hydrogen (secondary N) is 1. The molecule has 0 aliphatic rings. The normalized spacial score (nSPS) is 12.5. The molecule has 0 spiro atoms. The van der Waals surface area contributed by atoms with Gasteiger partial charge in [-0.05, 0) is 12.0 Å². The van der Waals surface area contributed by atoms with Gasteiger partial charge in [0.25, 0.3) is 0 Å². The summed E-state index contributed by atoms with van der Waals surface area (Å²) in [5.74, 6) is 1.33. The van der Waals surface area contributed by atoms with Crippen LogP contribution in [0, 0.1) is 0 Å². The summed E-state index contributed by atoms with van der Waals surface area (Å²) in [6.45, 7) is 3.37. The zero-order chi connectivity index (χ0) is 14.2. The van der Waals surface area contributed by atoms with E-state index in [1.165, 1.54) is 5.56 Å². The molecule has 0 aliphatic heterocycles. The number of nitrogens with zero attached hydrogens (tertiary/aromatic N) is 2. The quantitative estimate of drug-likeness (QED) is 0.800. The van der Waals surface area contributed by atoms with E-state index in [1.54, 1.807) is 7.11 Å². The summed E-state index contributed by atoms with van der Waals surface area (Å²) in [5.41, 5.74) is 1.18. The van der Waals surface area contributed by atoms with Crippen molar-refractivity contribution in [3.63, 3.8) is 0 Å². The smallest absolute Gasteiger partial charge is 0.240 e. The van der Waals surface area contributed by atoms with Crippen molar-refractivity contribution in [2.45, 2.75) is 32.4 Å². The number of rotatable bonds is 8. The van der Waals surface area contributed by atoms with E-state index in [4.69, 9.17) is 9.26 Å². The van der Waals surface area contributed by atoms with Gasteiger partial charge in [0, 0.05) is 19.6 Å². The highest BCUT2D eigenvalue weighted by molar-refractivity contribution is 5.18. The van der Waals surface area contributed by atoms with Crippen LogP contribution in [0.2, 0.25) is 0 Å². The summed E-state index contributed by atoms with van der Waals surface area (Å²) in [6, 6.07) is 10.4. The minimum absolute atomic E-state index is 0.310. The molecule has 0 saturated heterocycles. The maximum absolute atomic E-state index is 5.25. The average Bonchev–Trinajstić information content (AvgIpc) is 2.92. The van der Waals surface area contributed by atoms with Gasteiger partial charge in [0.15, 0.2) is 5.82 Å². The molecular weight excluding hydrogens is 254 g/mol. The molecule has 0 aliphatic carbocycles. The predicted octanol–water partition coefficient (Wildman–Crippen LogP) is 2.17. The van der Waals surface area contributed by atoms with Crippen molar-refractivity contribution in [2.24, 2.45) is 0 Å². The molecule has 1 heterocycles. The average molecular weight is 275 g/mol. The maximum Gasteiger partial charge on any atom is 0.240 e. The van der Waals surface area contributed by atoms with Crippen LogP contribution < -0.4 is 5.32 Å². The fourth-order valence-corrected chi connectivity index (χ4v) is 1.97. The molecule has 0 amide bonds. The second-order valence-electron chi connectivity index (χ2n) is 4.71. The van der Waals surface area contributed by atoms with Gasteiger partial charge in [0.1, 0.15) is 0 Å². The van der Waals surface area contributed by atoms with Gasteiger partial charge >= 0.3 is 0 Å². The first-order valence-corrected chi connectivity index (χ1v) is 6.89. The lowest BCUT2D eigenvalue weighted by atomic mass is 10.1. The number of methoxy groups -OCH3 is 1. The molecule has 2 rings (SSSR count). The van der Waals surface area contributed by atoms with Crippen molar-refractivity contribution in [3.05, 3.63) is 47.6 Å². The van der Waals surface area contributed by atoms with Crippen molar-refractivity contribution < 1.29 is 9.26 Å². The van der Waals surface area contributed by atoms with Crippen LogP contribution in [0.25, 0.3) is 0 Å². The number of aromatic nitrogens is 2. The lowest BCUT2D eigenvalue weighted by Gasteiger charge is -2.13. The molecule has 1 unspecified atom stereocenters. The van der Waals surface area contributed by atoms with Crippen LogP contribution in [0.15, 0.2) is 34.9 Å². The number of benzene rings is 1. The molecule has 0 bridgehead atoms. The maximum atomic E-state index is 5.25. The molecule has 2 aromatic rings. The first-order valence-electron chi connectivity index (χ1n) is 6.89. The van der Waals surface area contributed by atoms with E-state index >= 15 is 0 Å². The molecule has 0 fully saturated rings. The standard InChI is InChI=1S/C15H21N3O2/c1-3-13(11-19-2)16-10-15-17-14(18-20-15)9-12-7-5-4-6-8-12/h4-8,13,16H,3,9-11H2,1-2H3. The van der Waals surface area contributed by atoms with Gasteiger partial charge in [-0.25, -0.2) is 0 Å². The van der Waals surface area contributed by atoms with Gasteiger partial charge in [0.2, 0.25) is 5.89 Å². The van der Waals surface area contributed by atoms with E-state index in [1.807, 2.05) is 18.2 Å². The van der Waals surface area contributed by atoms with E-state index in [2.05, 4.69) is 34.5 Å². The lowest BCUT2D eigenvalue weighted by Crippen LogP contribution is -2.32. The minimum atomic E-state index is 0.310. The first-order chi connectivity index (χ1) is 9.81. The van der Waals surface area contributed by atoms with E-state index in [-0.39, 0.29) is 0 Å². The zero-order valence-electron chi connectivity index (χ0n) is 12.0. The summed E-state index contributed by atoms with van der Waals surface area (Å²) in [4.78, 5) is 4.39. The fraction of sp³-hybridized carbons (Fsp3) is 0.467. The van der Waals surface area contributed by atoms with Gasteiger partial charge < -0.3 is 14.6 Å². The Hall–Kier alpha value is -1.72. The van der Waals surface area contributed by atoms with Crippen molar-refractivity contribution in [1.82, 2.24) is 15.5 Å². The molecule has 0 saturated carbocycles. The summed E-state index contributed by atoms with van der Waals surface area (Å²) in [7, 11) is 1.70. The molecule has 0 radical (unpaired) electrons. The molecule has 1 aromatic heterocycles. The van der Waals surface area contributed by atoms with Crippen LogP contribution >= 0.6 is 0 Å². The molecule has 5 nitrogen and oxygen atoms in total. The van der Waals surface area contributed by atoms with Crippen LogP contribution in [0.1, 0.15) is 30.6 Å². The molecular formula is C15H21N3O2.